The largest absolute Gasteiger partial charge is 0.383 e. The van der Waals surface area contributed by atoms with Crippen LogP contribution >= 0.6 is 11.3 Å². The molecular formula is C21H27NO4S2. The van der Waals surface area contributed by atoms with Gasteiger partial charge in [0.2, 0.25) is 10.0 Å². The minimum atomic E-state index is -3.71. The fourth-order valence-electron chi connectivity index (χ4n) is 5.07. The average Bonchev–Trinajstić information content (AvgIpc) is 3.20. The zero-order valence-electron chi connectivity index (χ0n) is 16.5. The Morgan fingerprint density at radius 1 is 1.32 bits per heavy atom. The highest BCUT2D eigenvalue weighted by molar-refractivity contribution is 7.89. The van der Waals surface area contributed by atoms with E-state index in [1.165, 1.54) is 11.3 Å². The van der Waals surface area contributed by atoms with Crippen molar-refractivity contribution >= 4 is 37.2 Å². The predicted octanol–water partition coefficient (Wildman–Crippen LogP) is 3.42. The third-order valence-corrected chi connectivity index (χ3v) is 9.99. The van der Waals surface area contributed by atoms with Gasteiger partial charge in [0.05, 0.1) is 5.75 Å². The molecule has 1 aromatic carbocycles. The van der Waals surface area contributed by atoms with E-state index in [1.54, 1.807) is 6.92 Å². The number of carbonyl (C=O) groups is 1. The summed E-state index contributed by atoms with van der Waals surface area (Å²) in [6.07, 6.45) is 2.03. The molecule has 2 fully saturated rings. The van der Waals surface area contributed by atoms with E-state index in [1.807, 2.05) is 44.2 Å². The van der Waals surface area contributed by atoms with E-state index >= 15 is 0 Å². The molecule has 3 atom stereocenters. The zero-order valence-corrected chi connectivity index (χ0v) is 18.1. The number of nitrogens with one attached hydrogen (secondary N) is 1. The Balaban J connectivity index is 1.51. The number of benzene rings is 1. The molecule has 28 heavy (non-hydrogen) atoms. The summed E-state index contributed by atoms with van der Waals surface area (Å²) in [6.45, 7) is 5.56. The van der Waals surface area contributed by atoms with Crippen molar-refractivity contribution in [3.63, 3.8) is 0 Å². The van der Waals surface area contributed by atoms with Crippen molar-refractivity contribution in [2.24, 2.45) is 16.7 Å². The Labute approximate surface area is 170 Å². The summed E-state index contributed by atoms with van der Waals surface area (Å²) < 4.78 is 29.4. The highest BCUT2D eigenvalue weighted by Gasteiger charge is 2.65. The first-order valence-electron chi connectivity index (χ1n) is 9.69. The van der Waals surface area contributed by atoms with Crippen LogP contribution in [0.25, 0.3) is 10.1 Å². The van der Waals surface area contributed by atoms with Crippen LogP contribution in [0.15, 0.2) is 30.3 Å². The van der Waals surface area contributed by atoms with Gasteiger partial charge in [0, 0.05) is 28.0 Å². The summed E-state index contributed by atoms with van der Waals surface area (Å²) in [5.41, 5.74) is -2.42. The molecule has 0 amide bonds. The molecule has 1 aromatic heterocycles. The molecule has 2 aliphatic carbocycles. The van der Waals surface area contributed by atoms with Crippen LogP contribution in [0.1, 0.15) is 44.9 Å². The number of ketones is 1. The second-order valence-corrected chi connectivity index (χ2v) is 12.1. The Kier molecular flexibility index (Phi) is 4.54. The SMILES string of the molecule is CC(O)(CNS(=O)(=O)CC12CCC(CC1=O)C2(C)C)c1cc2ccccc2s1. The lowest BCUT2D eigenvalue weighted by Gasteiger charge is -2.36. The maximum absolute atomic E-state index is 12.9. The van der Waals surface area contributed by atoms with E-state index in [0.29, 0.717) is 17.7 Å². The van der Waals surface area contributed by atoms with Crippen LogP contribution in [0.2, 0.25) is 0 Å². The third-order valence-electron chi connectivity index (χ3n) is 7.17. The smallest absolute Gasteiger partial charge is 0.212 e. The number of thiophene rings is 1. The molecule has 0 radical (unpaired) electrons. The monoisotopic (exact) mass is 421 g/mol. The lowest BCUT2D eigenvalue weighted by atomic mass is 9.70. The maximum atomic E-state index is 12.9. The molecule has 1 heterocycles. The number of sulfonamides is 1. The standard InChI is InChI=1S/C21H27NO4S2/c1-19(2)15-8-9-21(19,17(23)11-15)13-28(25,26)22-12-20(3,24)18-10-14-6-4-5-7-16(14)27-18/h4-7,10,15,22,24H,8-9,11-13H2,1-3H3. The van der Waals surface area contributed by atoms with Crippen LogP contribution in [0.5, 0.6) is 0 Å². The van der Waals surface area contributed by atoms with Gasteiger partial charge in [-0.3, -0.25) is 4.79 Å². The van der Waals surface area contributed by atoms with Crippen molar-refractivity contribution in [3.05, 3.63) is 35.2 Å². The molecule has 4 rings (SSSR count). The molecule has 2 aromatic rings. The summed E-state index contributed by atoms with van der Waals surface area (Å²) in [5.74, 6) is 0.164. The van der Waals surface area contributed by atoms with Crippen molar-refractivity contribution in [2.75, 3.05) is 12.3 Å². The van der Waals surface area contributed by atoms with Crippen molar-refractivity contribution < 1.29 is 18.3 Å². The Bertz CT molecular complexity index is 1000. The first kappa shape index (κ1) is 20.0. The summed E-state index contributed by atoms with van der Waals surface area (Å²) in [5, 5.41) is 11.9. The van der Waals surface area contributed by atoms with Crippen LogP contribution in [-0.4, -0.2) is 31.6 Å². The Hall–Kier alpha value is -1.28. The fourth-order valence-corrected chi connectivity index (χ4v) is 8.10. The van der Waals surface area contributed by atoms with Gasteiger partial charge in [-0.15, -0.1) is 11.3 Å². The van der Waals surface area contributed by atoms with Gasteiger partial charge in [-0.1, -0.05) is 32.0 Å². The molecule has 7 heteroatoms. The number of fused-ring (bicyclic) bond motifs is 3. The minimum absolute atomic E-state index is 0.0791. The van der Waals surface area contributed by atoms with Gasteiger partial charge >= 0.3 is 0 Å². The van der Waals surface area contributed by atoms with Crippen LogP contribution in [-0.2, 0) is 20.4 Å². The molecule has 0 saturated heterocycles. The number of hydrogen-bond acceptors (Lipinski definition) is 5. The van der Waals surface area contributed by atoms with Gasteiger partial charge in [-0.05, 0) is 48.6 Å². The van der Waals surface area contributed by atoms with Crippen molar-refractivity contribution in [3.8, 4) is 0 Å². The Morgan fingerprint density at radius 2 is 2.04 bits per heavy atom. The van der Waals surface area contributed by atoms with Gasteiger partial charge in [0.15, 0.2) is 0 Å². The average molecular weight is 422 g/mol. The van der Waals surface area contributed by atoms with E-state index in [-0.39, 0.29) is 29.4 Å². The van der Waals surface area contributed by atoms with Crippen molar-refractivity contribution in [2.45, 2.75) is 45.6 Å². The lowest BCUT2D eigenvalue weighted by molar-refractivity contribution is -0.128. The molecule has 0 spiro atoms. The van der Waals surface area contributed by atoms with Gasteiger partial charge in [-0.2, -0.15) is 0 Å². The molecule has 2 saturated carbocycles. The summed E-state index contributed by atoms with van der Waals surface area (Å²) in [7, 11) is -3.71. The van der Waals surface area contributed by atoms with E-state index in [4.69, 9.17) is 0 Å². The second kappa shape index (κ2) is 6.36. The number of hydrogen-bond donors (Lipinski definition) is 2. The van der Waals surface area contributed by atoms with E-state index in [9.17, 15) is 18.3 Å². The summed E-state index contributed by atoms with van der Waals surface area (Å²) >= 11 is 1.46. The van der Waals surface area contributed by atoms with Crippen LogP contribution < -0.4 is 4.72 Å². The molecule has 2 bridgehead atoms. The fraction of sp³-hybridized carbons (Fsp3) is 0.571. The lowest BCUT2D eigenvalue weighted by Crippen LogP contribution is -2.47. The first-order valence-corrected chi connectivity index (χ1v) is 12.2. The normalized spacial score (nSPS) is 28.7. The quantitative estimate of drug-likeness (QED) is 0.749. The number of rotatable bonds is 6. The summed E-state index contributed by atoms with van der Waals surface area (Å²) in [4.78, 5) is 13.3. The molecule has 5 nitrogen and oxygen atoms in total. The first-order chi connectivity index (χ1) is 13.0. The minimum Gasteiger partial charge on any atom is -0.383 e. The van der Waals surface area contributed by atoms with Gasteiger partial charge in [-0.25, -0.2) is 13.1 Å². The van der Waals surface area contributed by atoms with Gasteiger partial charge in [0.1, 0.15) is 11.4 Å². The van der Waals surface area contributed by atoms with E-state index in [0.717, 1.165) is 16.5 Å². The number of carbonyl (C=O) groups excluding carboxylic acids is 1. The van der Waals surface area contributed by atoms with E-state index < -0.39 is 21.0 Å². The highest BCUT2D eigenvalue weighted by Crippen LogP contribution is 2.64. The summed E-state index contributed by atoms with van der Waals surface area (Å²) in [6, 6.07) is 9.73. The van der Waals surface area contributed by atoms with Crippen molar-refractivity contribution in [1.82, 2.24) is 4.72 Å². The second-order valence-electron chi connectivity index (χ2n) is 9.17. The zero-order chi connectivity index (χ0) is 20.4. The molecular weight excluding hydrogens is 394 g/mol. The van der Waals surface area contributed by atoms with Gasteiger partial charge < -0.3 is 5.11 Å². The predicted molar refractivity (Wildman–Crippen MR) is 112 cm³/mol. The number of aliphatic hydroxyl groups is 1. The molecule has 2 aliphatic rings. The highest BCUT2D eigenvalue weighted by atomic mass is 32.2. The van der Waals surface area contributed by atoms with Crippen molar-refractivity contribution in [1.29, 1.82) is 0 Å². The molecule has 152 valence electrons. The molecule has 3 unspecified atom stereocenters. The van der Waals surface area contributed by atoms with Crippen LogP contribution in [0.4, 0.5) is 0 Å². The van der Waals surface area contributed by atoms with Gasteiger partial charge in [0.25, 0.3) is 0 Å². The number of Topliss-reactive ketones (excluding diaryl/α,β-unsaturated/α-hetero) is 1. The van der Waals surface area contributed by atoms with Crippen LogP contribution in [0, 0.1) is 16.7 Å². The maximum Gasteiger partial charge on any atom is 0.212 e. The van der Waals surface area contributed by atoms with Crippen LogP contribution in [0.3, 0.4) is 0 Å². The van der Waals surface area contributed by atoms with E-state index in [2.05, 4.69) is 4.72 Å². The molecule has 0 aliphatic heterocycles. The third kappa shape index (κ3) is 3.03. The Morgan fingerprint density at radius 3 is 2.64 bits per heavy atom. The topological polar surface area (TPSA) is 83.5 Å². The molecule has 2 N–H and O–H groups in total.